The van der Waals surface area contributed by atoms with Crippen LogP contribution in [0.4, 0.5) is 0 Å². The summed E-state index contributed by atoms with van der Waals surface area (Å²) in [6.45, 7) is 7.09. The van der Waals surface area contributed by atoms with E-state index in [0.717, 1.165) is 6.33 Å². The lowest BCUT2D eigenvalue weighted by Crippen LogP contribution is -2.47. The second-order valence-electron chi connectivity index (χ2n) is 10.9. The molecule has 2 aromatic rings. The average Bonchev–Trinajstić information content (AvgIpc) is 3.66. The number of H-pyrrole nitrogens is 2. The first-order valence-corrected chi connectivity index (χ1v) is 14.3. The Bertz CT molecular complexity index is 1420. The van der Waals surface area contributed by atoms with Crippen molar-refractivity contribution >= 4 is 41.4 Å². The summed E-state index contributed by atoms with van der Waals surface area (Å²) < 4.78 is 0. The molecule has 2 rings (SSSR count). The van der Waals surface area contributed by atoms with Gasteiger partial charge in [-0.2, -0.15) is 0 Å². The quantitative estimate of drug-likeness (QED) is 0.0788. The van der Waals surface area contributed by atoms with Crippen molar-refractivity contribution in [2.75, 3.05) is 19.6 Å². The SMILES string of the molecule is CC(C)C[C@@H](CNCC(=O)[C@H](C)NC(=O)c1[nH]cnc1C(=O)N[C@@H](C)CN)NC(=O)c1nc[nH]c1C(=O)N[C@@H](CC(=O)O)C(=O)O. The van der Waals surface area contributed by atoms with Crippen LogP contribution < -0.4 is 32.3 Å². The van der Waals surface area contributed by atoms with Crippen molar-refractivity contribution in [3.63, 3.8) is 0 Å². The number of Topliss-reactive ketones (excluding diaryl/α,β-unsaturated/α-hetero) is 1. The summed E-state index contributed by atoms with van der Waals surface area (Å²) in [5.41, 5.74) is 4.53. The number of aromatic amines is 2. The Morgan fingerprint density at radius 1 is 0.804 bits per heavy atom. The van der Waals surface area contributed by atoms with E-state index in [1.165, 1.54) is 13.3 Å². The number of carbonyl (C=O) groups is 7. The minimum atomic E-state index is -1.74. The van der Waals surface area contributed by atoms with Gasteiger partial charge in [0.2, 0.25) is 0 Å². The van der Waals surface area contributed by atoms with E-state index < -0.39 is 65.9 Å². The predicted octanol–water partition coefficient (Wildman–Crippen LogP) is -2.01. The van der Waals surface area contributed by atoms with Crippen molar-refractivity contribution in [3.05, 3.63) is 35.4 Å². The Balaban J connectivity index is 1.98. The topological polar surface area (TPSA) is 303 Å². The fourth-order valence-electron chi connectivity index (χ4n) is 4.12. The number of amides is 4. The van der Waals surface area contributed by atoms with E-state index >= 15 is 0 Å². The fraction of sp³-hybridized carbons (Fsp3) is 0.519. The molecule has 19 nitrogen and oxygen atoms in total. The molecular weight excluding hydrogens is 608 g/mol. The lowest BCUT2D eigenvalue weighted by molar-refractivity contribution is -0.145. The van der Waals surface area contributed by atoms with Gasteiger partial charge in [0, 0.05) is 25.2 Å². The Hall–Kier alpha value is -5.17. The molecule has 4 amide bonds. The van der Waals surface area contributed by atoms with Crippen LogP contribution in [0.3, 0.4) is 0 Å². The maximum atomic E-state index is 13.0. The van der Waals surface area contributed by atoms with Crippen molar-refractivity contribution in [3.8, 4) is 0 Å². The van der Waals surface area contributed by atoms with E-state index in [2.05, 4.69) is 41.2 Å². The van der Waals surface area contributed by atoms with E-state index in [9.17, 15) is 38.7 Å². The average molecular weight is 649 g/mol. The minimum absolute atomic E-state index is 0.101. The summed E-state index contributed by atoms with van der Waals surface area (Å²) in [5, 5.41) is 30.9. The molecule has 2 aromatic heterocycles. The van der Waals surface area contributed by atoms with Gasteiger partial charge in [0.1, 0.15) is 17.4 Å². The zero-order valence-corrected chi connectivity index (χ0v) is 25.8. The number of carbonyl (C=O) groups excluding carboxylic acids is 5. The first-order valence-electron chi connectivity index (χ1n) is 14.3. The fourth-order valence-corrected chi connectivity index (χ4v) is 4.12. The summed E-state index contributed by atoms with van der Waals surface area (Å²) in [4.78, 5) is 98.7. The maximum absolute atomic E-state index is 13.0. The van der Waals surface area contributed by atoms with Crippen LogP contribution >= 0.6 is 0 Å². The third kappa shape index (κ3) is 11.1. The highest BCUT2D eigenvalue weighted by Gasteiger charge is 2.29. The van der Waals surface area contributed by atoms with E-state index in [-0.39, 0.29) is 54.4 Å². The molecule has 0 aliphatic carbocycles. The molecule has 2 heterocycles. The van der Waals surface area contributed by atoms with Gasteiger partial charge in [-0.25, -0.2) is 14.8 Å². The zero-order valence-electron chi connectivity index (χ0n) is 25.8. The number of hydrogen-bond donors (Lipinski definition) is 10. The van der Waals surface area contributed by atoms with E-state index in [0.29, 0.717) is 6.42 Å². The number of carboxylic acids is 2. The van der Waals surface area contributed by atoms with Gasteiger partial charge in [0.05, 0.1) is 31.7 Å². The molecule has 0 radical (unpaired) electrons. The number of aliphatic carboxylic acids is 2. The number of nitrogens with one attached hydrogen (secondary N) is 7. The van der Waals surface area contributed by atoms with Crippen molar-refractivity contribution < 1.29 is 43.8 Å². The molecule has 0 fully saturated rings. The summed E-state index contributed by atoms with van der Waals surface area (Å²) in [5.74, 6) is -6.44. The van der Waals surface area contributed by atoms with Gasteiger partial charge in [-0.3, -0.25) is 28.8 Å². The summed E-state index contributed by atoms with van der Waals surface area (Å²) >= 11 is 0. The molecule has 0 saturated heterocycles. The van der Waals surface area contributed by atoms with Gasteiger partial charge in [-0.1, -0.05) is 13.8 Å². The van der Waals surface area contributed by atoms with Gasteiger partial charge < -0.3 is 52.5 Å². The van der Waals surface area contributed by atoms with Gasteiger partial charge in [0.15, 0.2) is 17.2 Å². The highest BCUT2D eigenvalue weighted by molar-refractivity contribution is 6.06. The van der Waals surface area contributed by atoms with Gasteiger partial charge >= 0.3 is 11.9 Å². The van der Waals surface area contributed by atoms with E-state index in [1.54, 1.807) is 6.92 Å². The molecule has 0 aromatic carbocycles. The Kier molecular flexibility index (Phi) is 14.0. The van der Waals surface area contributed by atoms with Crippen molar-refractivity contribution in [2.45, 2.75) is 64.7 Å². The lowest BCUT2D eigenvalue weighted by Gasteiger charge is -2.21. The summed E-state index contributed by atoms with van der Waals surface area (Å²) in [6, 6.07) is -3.59. The summed E-state index contributed by atoms with van der Waals surface area (Å²) in [6.07, 6.45) is 1.81. The normalized spacial score (nSPS) is 13.6. The number of ketones is 1. The van der Waals surface area contributed by atoms with E-state index in [1.807, 2.05) is 19.2 Å². The molecule has 252 valence electrons. The highest BCUT2D eigenvalue weighted by atomic mass is 16.4. The molecule has 46 heavy (non-hydrogen) atoms. The molecule has 0 bridgehead atoms. The smallest absolute Gasteiger partial charge is 0.326 e. The van der Waals surface area contributed by atoms with Gasteiger partial charge in [-0.15, -0.1) is 0 Å². The third-order valence-electron chi connectivity index (χ3n) is 6.49. The Labute approximate surface area is 263 Å². The van der Waals surface area contributed by atoms with Crippen molar-refractivity contribution in [1.29, 1.82) is 0 Å². The minimum Gasteiger partial charge on any atom is -0.481 e. The zero-order chi connectivity index (χ0) is 34.6. The largest absolute Gasteiger partial charge is 0.481 e. The maximum Gasteiger partial charge on any atom is 0.326 e. The monoisotopic (exact) mass is 648 g/mol. The van der Waals surface area contributed by atoms with Crippen LogP contribution in [0.2, 0.25) is 0 Å². The van der Waals surface area contributed by atoms with Crippen molar-refractivity contribution in [1.82, 2.24) is 46.5 Å². The summed E-state index contributed by atoms with van der Waals surface area (Å²) in [7, 11) is 0. The standard InChI is InChI=1S/C27H40N10O9/c1-12(2)5-15(36-25(43)21-22(33-11-32-21)26(44)37-16(27(45)46)6-18(39)40)8-29-9-17(38)14(4)35-24(42)20-19(30-10-31-20)23(41)34-13(3)7-28/h10-16,29H,5-9,28H2,1-4H3,(H,30,31)(H,32,33)(H,34,41)(H,35,42)(H,36,43)(H,37,44)(H,39,40)(H,45,46)/t13-,14-,15-,16-/m0/s1. The second kappa shape index (κ2) is 17.4. The van der Waals surface area contributed by atoms with Crippen LogP contribution in [0.15, 0.2) is 12.7 Å². The number of nitrogens with zero attached hydrogens (tertiary/aromatic N) is 2. The number of nitrogens with two attached hydrogens (primary N) is 1. The van der Waals surface area contributed by atoms with Crippen LogP contribution in [0, 0.1) is 5.92 Å². The lowest BCUT2D eigenvalue weighted by atomic mass is 10.0. The molecule has 0 unspecified atom stereocenters. The molecule has 0 spiro atoms. The molecule has 0 aliphatic heterocycles. The molecule has 4 atom stereocenters. The molecule has 0 aliphatic rings. The van der Waals surface area contributed by atoms with Gasteiger partial charge in [0.25, 0.3) is 23.6 Å². The van der Waals surface area contributed by atoms with Crippen LogP contribution in [0.1, 0.15) is 82.5 Å². The number of rotatable bonds is 19. The molecule has 0 saturated carbocycles. The first-order chi connectivity index (χ1) is 21.6. The van der Waals surface area contributed by atoms with Crippen LogP contribution in [-0.4, -0.2) is 115 Å². The van der Waals surface area contributed by atoms with Gasteiger partial charge in [-0.05, 0) is 26.2 Å². The Morgan fingerprint density at radius 2 is 1.35 bits per heavy atom. The van der Waals surface area contributed by atoms with Crippen LogP contribution in [0.25, 0.3) is 0 Å². The number of carboxylic acid groups (broad SMARTS) is 2. The number of aromatic nitrogens is 4. The molecule has 11 N–H and O–H groups in total. The second-order valence-corrected chi connectivity index (χ2v) is 10.9. The molecular formula is C27H40N10O9. The number of hydrogen-bond acceptors (Lipinski definition) is 11. The number of imidazole rings is 2. The first kappa shape index (κ1) is 37.0. The third-order valence-corrected chi connectivity index (χ3v) is 6.49. The van der Waals surface area contributed by atoms with Crippen LogP contribution in [-0.2, 0) is 14.4 Å². The van der Waals surface area contributed by atoms with Crippen molar-refractivity contribution in [2.24, 2.45) is 11.7 Å². The molecule has 19 heteroatoms. The predicted molar refractivity (Wildman–Crippen MR) is 160 cm³/mol. The van der Waals surface area contributed by atoms with E-state index in [4.69, 9.17) is 10.8 Å². The Morgan fingerprint density at radius 3 is 1.85 bits per heavy atom. The highest BCUT2D eigenvalue weighted by Crippen LogP contribution is 2.09. The van der Waals surface area contributed by atoms with Crippen LogP contribution in [0.5, 0.6) is 0 Å².